The second-order valence-electron chi connectivity index (χ2n) is 6.48. The van der Waals surface area contributed by atoms with E-state index in [1.807, 2.05) is 0 Å². The fraction of sp³-hybridized carbons (Fsp3) is 0.688. The standard InChI is InChI=1S/C16H22ClF3N4O2/c1-9(15(26)23-7-5-4-6-8-23)21-14(25)11(3)24-10(2)12(17)13(22-24)16(18,19)20/h9,11H,4-8H2,1-3H3,(H,21,25). The lowest BCUT2D eigenvalue weighted by atomic mass is 10.1. The van der Waals surface area contributed by atoms with Gasteiger partial charge in [-0.25, -0.2) is 0 Å². The van der Waals surface area contributed by atoms with Gasteiger partial charge in [-0.1, -0.05) is 11.6 Å². The molecule has 1 aliphatic heterocycles. The number of piperidine rings is 1. The molecule has 1 aliphatic rings. The Kier molecular flexibility index (Phi) is 6.21. The van der Waals surface area contributed by atoms with Gasteiger partial charge >= 0.3 is 6.18 Å². The highest BCUT2D eigenvalue weighted by Crippen LogP contribution is 2.36. The molecule has 0 spiro atoms. The third kappa shape index (κ3) is 4.31. The van der Waals surface area contributed by atoms with Crippen LogP contribution in [0.15, 0.2) is 0 Å². The van der Waals surface area contributed by atoms with Crippen LogP contribution in [0.1, 0.15) is 50.5 Å². The largest absolute Gasteiger partial charge is 0.436 e. The minimum atomic E-state index is -4.71. The first-order chi connectivity index (χ1) is 12.0. The summed E-state index contributed by atoms with van der Waals surface area (Å²) in [6.07, 6.45) is -1.79. The average Bonchev–Trinajstić information content (AvgIpc) is 2.89. The van der Waals surface area contributed by atoms with Gasteiger partial charge in [0, 0.05) is 13.1 Å². The Hall–Kier alpha value is -1.77. The van der Waals surface area contributed by atoms with Crippen LogP contribution in [0, 0.1) is 6.92 Å². The topological polar surface area (TPSA) is 67.2 Å². The van der Waals surface area contributed by atoms with Crippen LogP contribution in [0.2, 0.25) is 5.02 Å². The molecular weight excluding hydrogens is 373 g/mol. The Balaban J connectivity index is 2.08. The minimum absolute atomic E-state index is 0.0386. The van der Waals surface area contributed by atoms with Crippen LogP contribution in [-0.4, -0.2) is 45.6 Å². The lowest BCUT2D eigenvalue weighted by Gasteiger charge is -2.29. The highest BCUT2D eigenvalue weighted by molar-refractivity contribution is 6.32. The number of alkyl halides is 3. The van der Waals surface area contributed by atoms with Crippen LogP contribution >= 0.6 is 11.6 Å². The Morgan fingerprint density at radius 3 is 2.27 bits per heavy atom. The third-order valence-corrected chi connectivity index (χ3v) is 4.94. The van der Waals surface area contributed by atoms with E-state index in [0.29, 0.717) is 13.1 Å². The summed E-state index contributed by atoms with van der Waals surface area (Å²) >= 11 is 5.71. The highest BCUT2D eigenvalue weighted by Gasteiger charge is 2.39. The number of rotatable bonds is 4. The van der Waals surface area contributed by atoms with Crippen molar-refractivity contribution >= 4 is 23.4 Å². The molecule has 2 amide bonds. The molecule has 2 atom stereocenters. The molecular formula is C16H22ClF3N4O2. The number of halogens is 4. The number of aromatic nitrogens is 2. The molecule has 0 radical (unpaired) electrons. The van der Waals surface area contributed by atoms with E-state index in [2.05, 4.69) is 10.4 Å². The first-order valence-corrected chi connectivity index (χ1v) is 8.82. The van der Waals surface area contributed by atoms with Crippen LogP contribution in [0.4, 0.5) is 13.2 Å². The van der Waals surface area contributed by atoms with E-state index < -0.39 is 34.9 Å². The molecule has 0 aliphatic carbocycles. The van der Waals surface area contributed by atoms with Gasteiger partial charge in [-0.15, -0.1) is 0 Å². The maximum absolute atomic E-state index is 12.9. The predicted molar refractivity (Wildman–Crippen MR) is 89.7 cm³/mol. The molecule has 0 aromatic carbocycles. The number of carbonyl (C=O) groups excluding carboxylic acids is 2. The summed E-state index contributed by atoms with van der Waals surface area (Å²) < 4.78 is 39.7. The molecule has 6 nitrogen and oxygen atoms in total. The molecule has 2 unspecified atom stereocenters. The molecule has 10 heteroatoms. The summed E-state index contributed by atoms with van der Waals surface area (Å²) in [5.74, 6) is -0.796. The van der Waals surface area contributed by atoms with Crippen molar-refractivity contribution in [2.24, 2.45) is 0 Å². The van der Waals surface area contributed by atoms with Gasteiger partial charge in [0.05, 0.1) is 10.7 Å². The molecule has 2 heterocycles. The summed E-state index contributed by atoms with van der Waals surface area (Å²) in [6.45, 7) is 5.63. The summed E-state index contributed by atoms with van der Waals surface area (Å²) in [6, 6.07) is -1.81. The molecule has 1 fully saturated rings. The fourth-order valence-corrected chi connectivity index (χ4v) is 3.18. The molecule has 1 aromatic rings. The van der Waals surface area contributed by atoms with Gasteiger partial charge in [-0.2, -0.15) is 18.3 Å². The Morgan fingerprint density at radius 2 is 1.77 bits per heavy atom. The molecule has 1 N–H and O–H groups in total. The minimum Gasteiger partial charge on any atom is -0.343 e. The van der Waals surface area contributed by atoms with Gasteiger partial charge in [-0.05, 0) is 40.0 Å². The number of amides is 2. The number of hydrogen-bond acceptors (Lipinski definition) is 3. The van der Waals surface area contributed by atoms with E-state index in [9.17, 15) is 22.8 Å². The Morgan fingerprint density at radius 1 is 1.19 bits per heavy atom. The zero-order chi connectivity index (χ0) is 19.6. The molecule has 0 bridgehead atoms. The SMILES string of the molecule is Cc1c(Cl)c(C(F)(F)F)nn1C(C)C(=O)NC(C)C(=O)N1CCCCC1. The zero-order valence-corrected chi connectivity index (χ0v) is 15.6. The van der Waals surface area contributed by atoms with Crippen molar-refractivity contribution in [3.8, 4) is 0 Å². The van der Waals surface area contributed by atoms with E-state index in [0.717, 1.165) is 23.9 Å². The van der Waals surface area contributed by atoms with E-state index in [-0.39, 0.29) is 11.6 Å². The molecule has 1 aromatic heterocycles. The van der Waals surface area contributed by atoms with Crippen molar-refractivity contribution in [3.63, 3.8) is 0 Å². The van der Waals surface area contributed by atoms with Crippen LogP contribution in [-0.2, 0) is 15.8 Å². The Bertz CT molecular complexity index is 684. The van der Waals surface area contributed by atoms with Crippen molar-refractivity contribution in [3.05, 3.63) is 16.4 Å². The van der Waals surface area contributed by atoms with Crippen LogP contribution in [0.25, 0.3) is 0 Å². The highest BCUT2D eigenvalue weighted by atomic mass is 35.5. The van der Waals surface area contributed by atoms with Gasteiger partial charge in [0.2, 0.25) is 11.8 Å². The lowest BCUT2D eigenvalue weighted by Crippen LogP contribution is -2.49. The van der Waals surface area contributed by atoms with Crippen LogP contribution < -0.4 is 5.32 Å². The quantitative estimate of drug-likeness (QED) is 0.853. The summed E-state index contributed by atoms with van der Waals surface area (Å²) in [5.41, 5.74) is -1.19. The maximum atomic E-state index is 12.9. The third-order valence-electron chi connectivity index (χ3n) is 4.49. The fourth-order valence-electron chi connectivity index (χ4n) is 2.95. The summed E-state index contributed by atoms with van der Waals surface area (Å²) in [5, 5.41) is 5.47. The van der Waals surface area contributed by atoms with Crippen molar-refractivity contribution in [1.29, 1.82) is 0 Å². The first kappa shape index (κ1) is 20.5. The van der Waals surface area contributed by atoms with Crippen LogP contribution in [0.5, 0.6) is 0 Å². The number of carbonyl (C=O) groups is 2. The van der Waals surface area contributed by atoms with Crippen molar-refractivity contribution < 1.29 is 22.8 Å². The number of nitrogens with zero attached hydrogens (tertiary/aromatic N) is 3. The molecule has 146 valence electrons. The number of hydrogen-bond donors (Lipinski definition) is 1. The second kappa shape index (κ2) is 7.85. The van der Waals surface area contributed by atoms with Crippen LogP contribution in [0.3, 0.4) is 0 Å². The van der Waals surface area contributed by atoms with Gasteiger partial charge < -0.3 is 10.2 Å². The van der Waals surface area contributed by atoms with E-state index >= 15 is 0 Å². The monoisotopic (exact) mass is 394 g/mol. The normalized spacial score (nSPS) is 17.7. The molecule has 26 heavy (non-hydrogen) atoms. The van der Waals surface area contributed by atoms with Gasteiger partial charge in [0.15, 0.2) is 5.69 Å². The summed E-state index contributed by atoms with van der Waals surface area (Å²) in [7, 11) is 0. The second-order valence-corrected chi connectivity index (χ2v) is 6.86. The number of likely N-dealkylation sites (tertiary alicyclic amines) is 1. The molecule has 0 saturated carbocycles. The average molecular weight is 395 g/mol. The smallest absolute Gasteiger partial charge is 0.343 e. The maximum Gasteiger partial charge on any atom is 0.436 e. The molecule has 1 saturated heterocycles. The van der Waals surface area contributed by atoms with Crippen molar-refractivity contribution in [2.45, 2.75) is 58.3 Å². The predicted octanol–water partition coefficient (Wildman–Crippen LogP) is 2.94. The number of nitrogens with one attached hydrogen (secondary N) is 1. The first-order valence-electron chi connectivity index (χ1n) is 8.45. The lowest BCUT2D eigenvalue weighted by molar-refractivity contribution is -0.142. The molecule has 2 rings (SSSR count). The van der Waals surface area contributed by atoms with E-state index in [1.54, 1.807) is 11.8 Å². The van der Waals surface area contributed by atoms with Gasteiger partial charge in [0.25, 0.3) is 0 Å². The van der Waals surface area contributed by atoms with Crippen molar-refractivity contribution in [1.82, 2.24) is 20.0 Å². The van der Waals surface area contributed by atoms with Gasteiger partial charge in [-0.3, -0.25) is 14.3 Å². The zero-order valence-electron chi connectivity index (χ0n) is 14.9. The summed E-state index contributed by atoms with van der Waals surface area (Å²) in [4.78, 5) is 26.5. The van der Waals surface area contributed by atoms with E-state index in [4.69, 9.17) is 11.6 Å². The van der Waals surface area contributed by atoms with E-state index in [1.165, 1.54) is 13.8 Å². The van der Waals surface area contributed by atoms with Gasteiger partial charge in [0.1, 0.15) is 12.1 Å². The Labute approximate surface area is 154 Å². The van der Waals surface area contributed by atoms with Crippen molar-refractivity contribution in [2.75, 3.05) is 13.1 Å².